The summed E-state index contributed by atoms with van der Waals surface area (Å²) in [6.45, 7) is 2.04. The van der Waals surface area contributed by atoms with Gasteiger partial charge in [0.05, 0.1) is 5.39 Å². The minimum atomic E-state index is -0.123. The van der Waals surface area contributed by atoms with Gasteiger partial charge in [-0.15, -0.1) is 11.3 Å². The maximum absolute atomic E-state index is 12.6. The fourth-order valence-corrected chi connectivity index (χ4v) is 3.71. The van der Waals surface area contributed by atoms with Gasteiger partial charge in [0.25, 0.3) is 5.56 Å². The first kappa shape index (κ1) is 15.1. The van der Waals surface area contributed by atoms with Gasteiger partial charge in [-0.1, -0.05) is 41.4 Å². The van der Waals surface area contributed by atoms with E-state index in [9.17, 15) is 4.79 Å². The first-order chi connectivity index (χ1) is 11.6. The monoisotopic (exact) mass is 352 g/mol. The van der Waals surface area contributed by atoms with Gasteiger partial charge in [-0.3, -0.25) is 4.79 Å². The highest BCUT2D eigenvalue weighted by Gasteiger charge is 2.13. The van der Waals surface area contributed by atoms with Crippen molar-refractivity contribution in [1.82, 2.24) is 9.97 Å². The van der Waals surface area contributed by atoms with E-state index in [0.717, 1.165) is 21.5 Å². The Bertz CT molecular complexity index is 1080. The lowest BCUT2D eigenvalue weighted by atomic mass is 10.1. The van der Waals surface area contributed by atoms with Crippen molar-refractivity contribution in [2.24, 2.45) is 0 Å². The lowest BCUT2D eigenvalue weighted by molar-refractivity contribution is 1.19. The average molecular weight is 353 g/mol. The average Bonchev–Trinajstić information content (AvgIpc) is 3.01. The summed E-state index contributed by atoms with van der Waals surface area (Å²) < 4.78 is 0. The normalized spacial score (nSPS) is 11.1. The van der Waals surface area contributed by atoms with Crippen LogP contribution < -0.4 is 5.56 Å². The predicted molar refractivity (Wildman–Crippen MR) is 101 cm³/mol. The number of fused-ring (bicyclic) bond motifs is 1. The van der Waals surface area contributed by atoms with Crippen LogP contribution in [-0.2, 0) is 0 Å². The Balaban J connectivity index is 1.88. The number of nitrogens with zero attached hydrogens (tertiary/aromatic N) is 1. The molecule has 5 heteroatoms. The number of halogens is 1. The molecule has 3 nitrogen and oxygen atoms in total. The van der Waals surface area contributed by atoms with Gasteiger partial charge >= 0.3 is 0 Å². The summed E-state index contributed by atoms with van der Waals surface area (Å²) in [5.41, 5.74) is 3.85. The molecule has 0 aliphatic rings. The fourth-order valence-electron chi connectivity index (χ4n) is 2.64. The van der Waals surface area contributed by atoms with E-state index >= 15 is 0 Å². The van der Waals surface area contributed by atoms with E-state index in [-0.39, 0.29) is 5.56 Å². The van der Waals surface area contributed by atoms with Crippen LogP contribution in [0, 0.1) is 6.92 Å². The zero-order valence-corrected chi connectivity index (χ0v) is 14.4. The van der Waals surface area contributed by atoms with E-state index in [1.165, 1.54) is 16.9 Å². The Morgan fingerprint density at radius 2 is 1.67 bits per heavy atom. The molecule has 4 aromatic rings. The van der Waals surface area contributed by atoms with Gasteiger partial charge in [0, 0.05) is 21.5 Å². The summed E-state index contributed by atoms with van der Waals surface area (Å²) in [4.78, 5) is 20.9. The van der Waals surface area contributed by atoms with Crippen LogP contribution in [0.15, 0.2) is 58.7 Å². The van der Waals surface area contributed by atoms with Crippen molar-refractivity contribution < 1.29 is 0 Å². The van der Waals surface area contributed by atoms with Crippen molar-refractivity contribution >= 4 is 33.2 Å². The van der Waals surface area contributed by atoms with Crippen molar-refractivity contribution in [3.8, 4) is 22.5 Å². The molecule has 1 N–H and O–H groups in total. The molecule has 2 heterocycles. The largest absolute Gasteiger partial charge is 0.306 e. The molecule has 0 saturated heterocycles. The number of hydrogen-bond acceptors (Lipinski definition) is 3. The highest BCUT2D eigenvalue weighted by molar-refractivity contribution is 7.17. The Labute approximate surface area is 147 Å². The lowest BCUT2D eigenvalue weighted by Crippen LogP contribution is -2.08. The van der Waals surface area contributed by atoms with Crippen LogP contribution in [0.4, 0.5) is 0 Å². The van der Waals surface area contributed by atoms with Crippen LogP contribution in [0.25, 0.3) is 32.7 Å². The van der Waals surface area contributed by atoms with Crippen LogP contribution in [-0.4, -0.2) is 9.97 Å². The molecule has 0 saturated carbocycles. The molecule has 2 aromatic heterocycles. The minimum Gasteiger partial charge on any atom is -0.306 e. The summed E-state index contributed by atoms with van der Waals surface area (Å²) in [6, 6.07) is 15.4. The third kappa shape index (κ3) is 2.64. The van der Waals surface area contributed by atoms with Crippen LogP contribution >= 0.6 is 22.9 Å². The van der Waals surface area contributed by atoms with Crippen molar-refractivity contribution in [1.29, 1.82) is 0 Å². The van der Waals surface area contributed by atoms with Gasteiger partial charge in [0.15, 0.2) is 0 Å². The number of aryl methyl sites for hydroxylation is 1. The number of rotatable bonds is 2. The summed E-state index contributed by atoms with van der Waals surface area (Å²) in [5.74, 6) is 0.557. The van der Waals surface area contributed by atoms with Crippen molar-refractivity contribution in [2.45, 2.75) is 6.92 Å². The number of thiophene rings is 1. The maximum Gasteiger partial charge on any atom is 0.260 e. The Morgan fingerprint density at radius 1 is 1.00 bits per heavy atom. The molecule has 0 atom stereocenters. The second kappa shape index (κ2) is 5.89. The fraction of sp³-hybridized carbons (Fsp3) is 0.0526. The first-order valence-electron chi connectivity index (χ1n) is 7.46. The van der Waals surface area contributed by atoms with Crippen LogP contribution in [0.1, 0.15) is 5.56 Å². The van der Waals surface area contributed by atoms with Gasteiger partial charge in [0.2, 0.25) is 0 Å². The van der Waals surface area contributed by atoms with E-state index in [1.807, 2.05) is 48.7 Å². The van der Waals surface area contributed by atoms with Gasteiger partial charge in [-0.05, 0) is 36.8 Å². The zero-order valence-electron chi connectivity index (χ0n) is 12.8. The molecule has 0 bridgehead atoms. The molecule has 0 aliphatic heterocycles. The van der Waals surface area contributed by atoms with E-state index in [1.54, 1.807) is 12.1 Å². The second-order valence-electron chi connectivity index (χ2n) is 5.62. The molecule has 24 heavy (non-hydrogen) atoms. The molecule has 0 unspecified atom stereocenters. The summed E-state index contributed by atoms with van der Waals surface area (Å²) in [5, 5.41) is 3.28. The van der Waals surface area contributed by atoms with Gasteiger partial charge in [-0.2, -0.15) is 0 Å². The standard InChI is InChI=1S/C19H13ClN2OS/c1-11-2-4-12(5-3-11)15-10-24-19-16(15)18(23)21-17(22-19)13-6-8-14(20)9-7-13/h2-10H,1H3,(H,21,22,23). The van der Waals surface area contributed by atoms with Crippen molar-refractivity contribution in [3.05, 3.63) is 74.9 Å². The van der Waals surface area contributed by atoms with Crippen LogP contribution in [0.3, 0.4) is 0 Å². The molecule has 0 aliphatic carbocycles. The minimum absolute atomic E-state index is 0.123. The number of aromatic amines is 1. The summed E-state index contributed by atoms with van der Waals surface area (Å²) in [7, 11) is 0. The Morgan fingerprint density at radius 3 is 2.38 bits per heavy atom. The van der Waals surface area contributed by atoms with E-state index < -0.39 is 0 Å². The predicted octanol–water partition coefficient (Wildman–Crippen LogP) is 5.28. The molecule has 4 rings (SSSR count). The smallest absolute Gasteiger partial charge is 0.260 e. The Kier molecular flexibility index (Phi) is 3.71. The molecule has 0 radical (unpaired) electrons. The molecule has 0 amide bonds. The zero-order chi connectivity index (χ0) is 16.7. The molecule has 118 valence electrons. The molecule has 0 spiro atoms. The first-order valence-corrected chi connectivity index (χ1v) is 8.72. The lowest BCUT2D eigenvalue weighted by Gasteiger charge is -2.03. The van der Waals surface area contributed by atoms with Crippen molar-refractivity contribution in [2.75, 3.05) is 0 Å². The van der Waals surface area contributed by atoms with Crippen LogP contribution in [0.5, 0.6) is 0 Å². The Hall–Kier alpha value is -2.43. The highest BCUT2D eigenvalue weighted by Crippen LogP contribution is 2.31. The number of nitrogens with one attached hydrogen (secondary N) is 1. The van der Waals surface area contributed by atoms with Crippen molar-refractivity contribution in [3.63, 3.8) is 0 Å². The van der Waals surface area contributed by atoms with E-state index in [2.05, 4.69) is 9.97 Å². The highest BCUT2D eigenvalue weighted by atomic mass is 35.5. The third-order valence-electron chi connectivity index (χ3n) is 3.92. The third-order valence-corrected chi connectivity index (χ3v) is 5.05. The molecule has 0 fully saturated rings. The molecular weight excluding hydrogens is 340 g/mol. The van der Waals surface area contributed by atoms with Crippen LogP contribution in [0.2, 0.25) is 5.02 Å². The maximum atomic E-state index is 12.6. The SMILES string of the molecule is Cc1ccc(-c2csc3nc(-c4ccc(Cl)cc4)[nH]c(=O)c23)cc1. The van der Waals surface area contributed by atoms with Gasteiger partial charge in [0.1, 0.15) is 10.7 Å². The summed E-state index contributed by atoms with van der Waals surface area (Å²) >= 11 is 7.40. The van der Waals surface area contributed by atoms with E-state index in [0.29, 0.717) is 16.2 Å². The number of aromatic nitrogens is 2. The number of benzene rings is 2. The molecular formula is C19H13ClN2OS. The number of H-pyrrole nitrogens is 1. The quantitative estimate of drug-likeness (QED) is 0.533. The van der Waals surface area contributed by atoms with E-state index in [4.69, 9.17) is 11.6 Å². The molecule has 2 aromatic carbocycles. The summed E-state index contributed by atoms with van der Waals surface area (Å²) in [6.07, 6.45) is 0. The topological polar surface area (TPSA) is 45.8 Å². The van der Waals surface area contributed by atoms with Gasteiger partial charge in [-0.25, -0.2) is 4.98 Å². The van der Waals surface area contributed by atoms with Gasteiger partial charge < -0.3 is 4.98 Å². The second-order valence-corrected chi connectivity index (χ2v) is 6.91. The number of hydrogen-bond donors (Lipinski definition) is 1.